The molecule has 0 aliphatic carbocycles. The third kappa shape index (κ3) is 8.16. The third-order valence-corrected chi connectivity index (χ3v) is 8.34. The number of likely N-dealkylation sites (tertiary alicyclic amines) is 1. The lowest BCUT2D eigenvalue weighted by atomic mass is 9.83. The number of fused-ring (bicyclic) bond motifs is 1. The molecular weight excluding hydrogens is 571 g/mol. The van der Waals surface area contributed by atoms with Crippen molar-refractivity contribution in [3.05, 3.63) is 65.7 Å². The summed E-state index contributed by atoms with van der Waals surface area (Å²) in [6, 6.07) is 10.3. The minimum absolute atomic E-state index is 0.0234. The first-order chi connectivity index (χ1) is 21.3. The van der Waals surface area contributed by atoms with Crippen LogP contribution in [-0.2, 0) is 30.4 Å². The summed E-state index contributed by atoms with van der Waals surface area (Å²) < 4.78 is 24.4. The number of amides is 4. The first-order valence-corrected chi connectivity index (χ1v) is 15.0. The quantitative estimate of drug-likeness (QED) is 0.516. The minimum Gasteiger partial charge on any atom is -0.377 e. The topological polar surface area (TPSA) is 133 Å². The molecule has 5 rings (SSSR count). The fourth-order valence-corrected chi connectivity index (χ4v) is 5.96. The largest absolute Gasteiger partial charge is 0.377 e. The Morgan fingerprint density at radius 1 is 0.977 bits per heavy atom. The lowest BCUT2D eigenvalue weighted by Gasteiger charge is -2.45. The van der Waals surface area contributed by atoms with Crippen LogP contribution in [-0.4, -0.2) is 121 Å². The van der Waals surface area contributed by atoms with Crippen LogP contribution < -0.4 is 10.6 Å². The number of piperidine rings is 1. The molecule has 2 aromatic rings. The number of ether oxygens (including phenoxy) is 2. The molecule has 1 aromatic carbocycles. The van der Waals surface area contributed by atoms with E-state index in [0.29, 0.717) is 57.7 Å². The Hall–Kier alpha value is -3.94. The molecule has 1 aromatic heterocycles. The summed E-state index contributed by atoms with van der Waals surface area (Å²) in [4.78, 5) is 63.2. The maximum Gasteiger partial charge on any atom is 0.253 e. The van der Waals surface area contributed by atoms with E-state index in [-0.39, 0.29) is 63.0 Å². The van der Waals surface area contributed by atoms with Crippen LogP contribution in [0.4, 0.5) is 4.39 Å². The van der Waals surface area contributed by atoms with Gasteiger partial charge in [-0.25, -0.2) is 4.39 Å². The monoisotopic (exact) mass is 610 g/mol. The summed E-state index contributed by atoms with van der Waals surface area (Å²) >= 11 is 0. The molecule has 13 heteroatoms. The van der Waals surface area contributed by atoms with E-state index in [4.69, 9.17) is 9.47 Å². The minimum atomic E-state index is -0.934. The Bertz CT molecular complexity index is 1300. The van der Waals surface area contributed by atoms with E-state index in [1.165, 1.54) is 24.3 Å². The van der Waals surface area contributed by atoms with Crippen LogP contribution in [0.25, 0.3) is 0 Å². The van der Waals surface area contributed by atoms with Gasteiger partial charge < -0.3 is 29.9 Å². The lowest BCUT2D eigenvalue weighted by molar-refractivity contribution is -0.146. The molecule has 0 saturated carbocycles. The maximum atomic E-state index is 14.0. The number of benzene rings is 1. The molecule has 12 nitrogen and oxygen atoms in total. The van der Waals surface area contributed by atoms with Gasteiger partial charge >= 0.3 is 0 Å². The molecule has 3 fully saturated rings. The number of halogens is 1. The van der Waals surface area contributed by atoms with E-state index in [9.17, 15) is 23.6 Å². The molecule has 0 radical (unpaired) electrons. The molecule has 3 aliphatic rings. The van der Waals surface area contributed by atoms with Gasteiger partial charge in [-0.2, -0.15) is 0 Å². The van der Waals surface area contributed by atoms with E-state index >= 15 is 0 Å². The number of piperazine rings is 1. The lowest BCUT2D eigenvalue weighted by Crippen LogP contribution is -2.63. The highest BCUT2D eigenvalue weighted by atomic mass is 19.1. The predicted molar refractivity (Wildman–Crippen MR) is 157 cm³/mol. The molecule has 3 saturated heterocycles. The Labute approximate surface area is 255 Å². The van der Waals surface area contributed by atoms with Crippen molar-refractivity contribution in [1.29, 1.82) is 0 Å². The smallest absolute Gasteiger partial charge is 0.253 e. The van der Waals surface area contributed by atoms with Gasteiger partial charge in [-0.3, -0.25) is 29.1 Å². The van der Waals surface area contributed by atoms with Crippen LogP contribution in [0.3, 0.4) is 0 Å². The summed E-state index contributed by atoms with van der Waals surface area (Å²) in [7, 11) is 0. The number of aromatic nitrogens is 1. The first kappa shape index (κ1) is 31.5. The number of nitrogens with one attached hydrogen (secondary N) is 2. The Morgan fingerprint density at radius 2 is 1.75 bits per heavy atom. The number of hydrogen-bond acceptors (Lipinski definition) is 8. The van der Waals surface area contributed by atoms with Crippen LogP contribution in [0.5, 0.6) is 0 Å². The fraction of sp³-hybridized carbons (Fsp3) is 0.516. The molecule has 2 N–H and O–H groups in total. The molecule has 4 amide bonds. The van der Waals surface area contributed by atoms with Gasteiger partial charge in [0, 0.05) is 57.6 Å². The molecule has 1 atom stereocenters. The van der Waals surface area contributed by atoms with Crippen LogP contribution in [0.15, 0.2) is 48.7 Å². The Balaban J connectivity index is 1.32. The van der Waals surface area contributed by atoms with E-state index in [2.05, 4.69) is 20.5 Å². The number of carbonyl (C=O) groups is 4. The average Bonchev–Trinajstić information content (AvgIpc) is 3.02. The fourth-order valence-electron chi connectivity index (χ4n) is 5.96. The maximum absolute atomic E-state index is 14.0. The summed E-state index contributed by atoms with van der Waals surface area (Å²) in [5.74, 6) is -1.54. The standard InChI is InChI=1S/C31H39FN6O6/c32-24-6-4-23(5-7-24)30(42)37-12-8-31(9-13-37)19-28(40)38-15-14-36(20-25-3-1-2-10-33-25)21-26(38)29(41)34-11-16-43-17-18-44-22-27(39)35-31/h1-7,10,26H,8-9,11-22H2,(H,34,41)(H,35,39)/t26-/m0/s1. The van der Waals surface area contributed by atoms with Crippen LogP contribution in [0.1, 0.15) is 35.3 Å². The van der Waals surface area contributed by atoms with Gasteiger partial charge in [0.15, 0.2) is 0 Å². The molecule has 4 heterocycles. The molecule has 1 spiro atoms. The number of pyridine rings is 1. The molecule has 44 heavy (non-hydrogen) atoms. The van der Waals surface area contributed by atoms with Crippen molar-refractivity contribution in [3.8, 4) is 0 Å². The molecule has 0 unspecified atom stereocenters. The van der Waals surface area contributed by atoms with Crippen molar-refractivity contribution in [2.75, 3.05) is 65.7 Å². The van der Waals surface area contributed by atoms with Crippen molar-refractivity contribution in [2.45, 2.75) is 37.4 Å². The van der Waals surface area contributed by atoms with E-state index < -0.39 is 17.4 Å². The Kier molecular flexibility index (Phi) is 10.5. The molecule has 3 aliphatic heterocycles. The van der Waals surface area contributed by atoms with Crippen LogP contribution >= 0.6 is 0 Å². The van der Waals surface area contributed by atoms with Gasteiger partial charge in [-0.1, -0.05) is 6.07 Å². The van der Waals surface area contributed by atoms with Gasteiger partial charge in [0.25, 0.3) is 5.91 Å². The second kappa shape index (κ2) is 14.7. The van der Waals surface area contributed by atoms with Crippen molar-refractivity contribution in [3.63, 3.8) is 0 Å². The highest BCUT2D eigenvalue weighted by molar-refractivity contribution is 5.94. The number of hydrogen-bond donors (Lipinski definition) is 2. The highest BCUT2D eigenvalue weighted by Gasteiger charge is 2.43. The van der Waals surface area contributed by atoms with Crippen molar-refractivity contribution < 1.29 is 33.0 Å². The third-order valence-electron chi connectivity index (χ3n) is 8.34. The number of rotatable bonds is 3. The number of carbonyl (C=O) groups excluding carboxylic acids is 4. The Morgan fingerprint density at radius 3 is 2.50 bits per heavy atom. The average molecular weight is 611 g/mol. The normalized spacial score (nSPS) is 22.7. The summed E-state index contributed by atoms with van der Waals surface area (Å²) in [5, 5.41) is 5.95. The van der Waals surface area contributed by atoms with Crippen molar-refractivity contribution in [1.82, 2.24) is 30.3 Å². The van der Waals surface area contributed by atoms with Crippen LogP contribution in [0.2, 0.25) is 0 Å². The van der Waals surface area contributed by atoms with E-state index in [1.54, 1.807) is 16.0 Å². The zero-order chi connectivity index (χ0) is 30.9. The second-order valence-corrected chi connectivity index (χ2v) is 11.4. The highest BCUT2D eigenvalue weighted by Crippen LogP contribution is 2.29. The number of nitrogens with zero attached hydrogens (tertiary/aromatic N) is 4. The van der Waals surface area contributed by atoms with Crippen molar-refractivity contribution in [2.24, 2.45) is 0 Å². The van der Waals surface area contributed by atoms with Crippen molar-refractivity contribution >= 4 is 23.6 Å². The van der Waals surface area contributed by atoms with E-state index in [0.717, 1.165) is 5.69 Å². The van der Waals surface area contributed by atoms with Crippen LogP contribution in [0, 0.1) is 5.82 Å². The molecular formula is C31H39FN6O6. The van der Waals surface area contributed by atoms with Gasteiger partial charge in [-0.15, -0.1) is 0 Å². The van der Waals surface area contributed by atoms with Gasteiger partial charge in [-0.05, 0) is 49.2 Å². The summed E-state index contributed by atoms with van der Waals surface area (Å²) in [6.07, 6.45) is 2.37. The molecule has 0 bridgehead atoms. The summed E-state index contributed by atoms with van der Waals surface area (Å²) in [6.45, 7) is 3.19. The second-order valence-electron chi connectivity index (χ2n) is 11.4. The zero-order valence-corrected chi connectivity index (χ0v) is 24.7. The van der Waals surface area contributed by atoms with Gasteiger partial charge in [0.2, 0.25) is 17.7 Å². The zero-order valence-electron chi connectivity index (χ0n) is 24.7. The summed E-state index contributed by atoms with van der Waals surface area (Å²) in [5.41, 5.74) is 0.310. The van der Waals surface area contributed by atoms with Gasteiger partial charge in [0.1, 0.15) is 18.5 Å². The first-order valence-electron chi connectivity index (χ1n) is 15.0. The predicted octanol–water partition coefficient (Wildman–Crippen LogP) is 0.578. The van der Waals surface area contributed by atoms with E-state index in [1.807, 2.05) is 18.2 Å². The SMILES string of the molecule is O=C1COCCOCCNC(=O)[C@@H]2CN(Cc3ccccn3)CCN2C(=O)CC2(CCN(C(=O)c3ccc(F)cc3)CC2)N1. The van der Waals surface area contributed by atoms with Gasteiger partial charge in [0.05, 0.1) is 37.5 Å². The molecule has 236 valence electrons.